The highest BCUT2D eigenvalue weighted by Gasteiger charge is 2.14. The third kappa shape index (κ3) is 2.19. The molecular weight excluding hydrogens is 210 g/mol. The molecule has 2 atom stereocenters. The van der Waals surface area contributed by atoms with E-state index in [-0.39, 0.29) is 12.1 Å². The topological polar surface area (TPSA) is 52.5 Å². The van der Waals surface area contributed by atoms with E-state index in [0.29, 0.717) is 0 Å². The molecule has 2 unspecified atom stereocenters. The van der Waals surface area contributed by atoms with Gasteiger partial charge in [0.15, 0.2) is 4.96 Å². The summed E-state index contributed by atoms with van der Waals surface area (Å²) in [6.07, 6.45) is 4.84. The van der Waals surface area contributed by atoms with Crippen molar-refractivity contribution in [2.45, 2.75) is 25.5 Å². The fourth-order valence-electron chi connectivity index (χ4n) is 1.46. The molecule has 0 aliphatic heterocycles. The van der Waals surface area contributed by atoms with Crippen molar-refractivity contribution in [3.8, 4) is 0 Å². The van der Waals surface area contributed by atoms with E-state index < -0.39 is 0 Å². The summed E-state index contributed by atoms with van der Waals surface area (Å²) in [4.78, 5) is 5.49. The number of nitrogens with zero attached hydrogens (tertiary/aromatic N) is 2. The van der Waals surface area contributed by atoms with Gasteiger partial charge >= 0.3 is 0 Å². The number of thiazole rings is 1. The van der Waals surface area contributed by atoms with Crippen LogP contribution < -0.4 is 5.73 Å². The molecule has 5 heteroatoms. The van der Waals surface area contributed by atoms with Crippen LogP contribution in [0.4, 0.5) is 0 Å². The molecule has 0 bridgehead atoms. The summed E-state index contributed by atoms with van der Waals surface area (Å²) < 4.78 is 7.20. The van der Waals surface area contributed by atoms with Gasteiger partial charge in [-0.3, -0.25) is 4.40 Å². The Morgan fingerprint density at radius 3 is 3.13 bits per heavy atom. The third-order valence-corrected chi connectivity index (χ3v) is 3.33. The molecule has 2 heterocycles. The molecule has 4 nitrogen and oxygen atoms in total. The molecule has 0 spiro atoms. The van der Waals surface area contributed by atoms with Crippen LogP contribution in [-0.4, -0.2) is 28.6 Å². The van der Waals surface area contributed by atoms with E-state index in [9.17, 15) is 0 Å². The Hall–Kier alpha value is -0.910. The van der Waals surface area contributed by atoms with Crippen LogP contribution in [0.15, 0.2) is 17.8 Å². The maximum atomic E-state index is 5.98. The summed E-state index contributed by atoms with van der Waals surface area (Å²) in [5.41, 5.74) is 7.01. The molecule has 0 fully saturated rings. The van der Waals surface area contributed by atoms with E-state index in [4.69, 9.17) is 10.5 Å². The molecule has 0 saturated carbocycles. The molecular formula is C10H15N3OS. The second kappa shape index (κ2) is 4.30. The van der Waals surface area contributed by atoms with E-state index in [1.165, 1.54) is 0 Å². The summed E-state index contributed by atoms with van der Waals surface area (Å²) in [5, 5.41) is 2.02. The maximum Gasteiger partial charge on any atom is 0.193 e. The van der Waals surface area contributed by atoms with Crippen LogP contribution in [0.3, 0.4) is 0 Å². The van der Waals surface area contributed by atoms with Gasteiger partial charge in [-0.2, -0.15) is 0 Å². The van der Waals surface area contributed by atoms with Gasteiger partial charge in [0.25, 0.3) is 0 Å². The molecule has 0 amide bonds. The highest BCUT2D eigenvalue weighted by Crippen LogP contribution is 2.13. The smallest absolute Gasteiger partial charge is 0.193 e. The molecule has 2 aromatic rings. The predicted octanol–water partition coefficient (Wildman–Crippen LogP) is 1.30. The van der Waals surface area contributed by atoms with Crippen LogP contribution >= 0.6 is 11.3 Å². The van der Waals surface area contributed by atoms with Crippen molar-refractivity contribution in [3.05, 3.63) is 23.5 Å². The first kappa shape index (κ1) is 10.6. The lowest BCUT2D eigenvalue weighted by molar-refractivity contribution is 0.0953. The van der Waals surface area contributed by atoms with Gasteiger partial charge in [-0.25, -0.2) is 4.98 Å². The first-order chi connectivity index (χ1) is 7.20. The van der Waals surface area contributed by atoms with Gasteiger partial charge in [0.2, 0.25) is 0 Å². The fourth-order valence-corrected chi connectivity index (χ4v) is 2.18. The van der Waals surface area contributed by atoms with Crippen LogP contribution in [0.2, 0.25) is 0 Å². The highest BCUT2D eigenvalue weighted by molar-refractivity contribution is 7.15. The molecule has 0 aliphatic carbocycles. The van der Waals surface area contributed by atoms with Crippen molar-refractivity contribution in [3.63, 3.8) is 0 Å². The number of nitrogens with two attached hydrogens (primary N) is 1. The molecule has 82 valence electrons. The third-order valence-electron chi connectivity index (χ3n) is 2.56. The quantitative estimate of drug-likeness (QED) is 0.853. The monoisotopic (exact) mass is 225 g/mol. The second-order valence-corrected chi connectivity index (χ2v) is 4.51. The van der Waals surface area contributed by atoms with Crippen LogP contribution in [0, 0.1) is 0 Å². The first-order valence-electron chi connectivity index (χ1n) is 4.90. The number of imidazole rings is 1. The van der Waals surface area contributed by atoms with Crippen molar-refractivity contribution < 1.29 is 4.74 Å². The Labute approximate surface area is 92.7 Å². The SMILES string of the molecule is COC(C)C(N)Cc1cn2ccsc2n1. The Bertz CT molecular complexity index is 408. The standard InChI is InChI=1S/C10H15N3OS/c1-7(14-2)9(11)5-8-6-13-3-4-15-10(13)12-8/h3-4,6-7,9H,5,11H2,1-2H3. The Morgan fingerprint density at radius 2 is 2.47 bits per heavy atom. The van der Waals surface area contributed by atoms with Gasteiger partial charge in [0.05, 0.1) is 11.8 Å². The lowest BCUT2D eigenvalue weighted by Crippen LogP contribution is -2.35. The van der Waals surface area contributed by atoms with E-state index >= 15 is 0 Å². The highest BCUT2D eigenvalue weighted by atomic mass is 32.1. The second-order valence-electron chi connectivity index (χ2n) is 3.63. The zero-order valence-corrected chi connectivity index (χ0v) is 9.70. The summed E-state index contributed by atoms with van der Waals surface area (Å²) in [6, 6.07) is -0.000365. The summed E-state index contributed by atoms with van der Waals surface area (Å²) in [5.74, 6) is 0. The lowest BCUT2D eigenvalue weighted by Gasteiger charge is -2.16. The molecule has 2 N–H and O–H groups in total. The zero-order valence-electron chi connectivity index (χ0n) is 8.88. The molecule has 0 aliphatic rings. The number of ether oxygens (including phenoxy) is 1. The van der Waals surface area contributed by atoms with Gasteiger partial charge in [0.1, 0.15) is 0 Å². The number of hydrogen-bond acceptors (Lipinski definition) is 4. The minimum Gasteiger partial charge on any atom is -0.380 e. The summed E-state index contributed by atoms with van der Waals surface area (Å²) >= 11 is 1.63. The van der Waals surface area contributed by atoms with E-state index in [2.05, 4.69) is 4.98 Å². The van der Waals surface area contributed by atoms with Crippen molar-refractivity contribution in [1.29, 1.82) is 0 Å². The van der Waals surface area contributed by atoms with E-state index in [0.717, 1.165) is 17.1 Å². The van der Waals surface area contributed by atoms with Gasteiger partial charge in [0, 0.05) is 37.3 Å². The number of methoxy groups -OCH3 is 1. The predicted molar refractivity (Wildman–Crippen MR) is 61.2 cm³/mol. The van der Waals surface area contributed by atoms with E-state index in [1.807, 2.05) is 29.1 Å². The average Bonchev–Trinajstić information content (AvgIpc) is 2.76. The van der Waals surface area contributed by atoms with Gasteiger partial charge < -0.3 is 10.5 Å². The largest absolute Gasteiger partial charge is 0.380 e. The van der Waals surface area contributed by atoms with Crippen molar-refractivity contribution in [2.24, 2.45) is 5.73 Å². The van der Waals surface area contributed by atoms with Gasteiger partial charge in [-0.15, -0.1) is 11.3 Å². The minimum absolute atomic E-state index is 0.000365. The lowest BCUT2D eigenvalue weighted by atomic mass is 10.1. The fraction of sp³-hybridized carbons (Fsp3) is 0.500. The summed E-state index contributed by atoms with van der Waals surface area (Å²) in [6.45, 7) is 1.98. The molecule has 2 aromatic heterocycles. The Balaban J connectivity index is 2.09. The molecule has 0 saturated heterocycles. The van der Waals surface area contributed by atoms with E-state index in [1.54, 1.807) is 18.4 Å². The number of hydrogen-bond donors (Lipinski definition) is 1. The van der Waals surface area contributed by atoms with Gasteiger partial charge in [-0.05, 0) is 6.92 Å². The molecule has 2 rings (SSSR count). The van der Waals surface area contributed by atoms with Crippen LogP contribution in [-0.2, 0) is 11.2 Å². The number of aromatic nitrogens is 2. The van der Waals surface area contributed by atoms with Crippen molar-refractivity contribution in [2.75, 3.05) is 7.11 Å². The number of fused-ring (bicyclic) bond motifs is 1. The molecule has 15 heavy (non-hydrogen) atoms. The Morgan fingerprint density at radius 1 is 1.67 bits per heavy atom. The van der Waals surface area contributed by atoms with Crippen LogP contribution in [0.25, 0.3) is 4.96 Å². The Kier molecular flexibility index (Phi) is 3.04. The maximum absolute atomic E-state index is 5.98. The van der Waals surface area contributed by atoms with Gasteiger partial charge in [-0.1, -0.05) is 0 Å². The first-order valence-corrected chi connectivity index (χ1v) is 5.78. The minimum atomic E-state index is -0.000365. The number of rotatable bonds is 4. The molecule has 0 aromatic carbocycles. The van der Waals surface area contributed by atoms with Crippen LogP contribution in [0.1, 0.15) is 12.6 Å². The van der Waals surface area contributed by atoms with Crippen LogP contribution in [0.5, 0.6) is 0 Å². The zero-order chi connectivity index (χ0) is 10.8. The average molecular weight is 225 g/mol. The summed E-state index contributed by atoms with van der Waals surface area (Å²) in [7, 11) is 1.68. The van der Waals surface area contributed by atoms with Crippen molar-refractivity contribution in [1.82, 2.24) is 9.38 Å². The van der Waals surface area contributed by atoms with Crippen molar-refractivity contribution >= 4 is 16.3 Å². The normalized spacial score (nSPS) is 15.7. The molecule has 0 radical (unpaired) electrons.